The highest BCUT2D eigenvalue weighted by atomic mass is 14.9. The third-order valence-corrected chi connectivity index (χ3v) is 4.39. The number of anilines is 2. The number of benzene rings is 3. The fourth-order valence-corrected chi connectivity index (χ4v) is 3.24. The van der Waals surface area contributed by atoms with Crippen LogP contribution in [0.4, 0.5) is 11.4 Å². The van der Waals surface area contributed by atoms with Gasteiger partial charge in [-0.3, -0.25) is 0 Å². The van der Waals surface area contributed by atoms with Gasteiger partial charge in [-0.05, 0) is 29.7 Å². The van der Waals surface area contributed by atoms with Gasteiger partial charge in [-0.2, -0.15) is 0 Å². The van der Waals surface area contributed by atoms with Gasteiger partial charge in [-0.25, -0.2) is 0 Å². The van der Waals surface area contributed by atoms with Gasteiger partial charge >= 0.3 is 0 Å². The number of para-hydroxylation sites is 3. The largest absolute Gasteiger partial charge is 0.354 e. The zero-order valence-corrected chi connectivity index (χ0v) is 13.4. The fraction of sp³-hybridized carbons (Fsp3) is 0.143. The highest BCUT2D eigenvalue weighted by molar-refractivity contribution is 6.11. The molecule has 2 N–H and O–H groups in total. The molecule has 0 aliphatic heterocycles. The van der Waals surface area contributed by atoms with Crippen LogP contribution in [0.2, 0.25) is 0 Å². The summed E-state index contributed by atoms with van der Waals surface area (Å²) in [4.78, 5) is 3.55. The summed E-state index contributed by atoms with van der Waals surface area (Å²) in [6, 6.07) is 23.4. The molecule has 23 heavy (non-hydrogen) atoms. The normalized spacial score (nSPS) is 11.4. The highest BCUT2D eigenvalue weighted by Crippen LogP contribution is 2.33. The van der Waals surface area contributed by atoms with Gasteiger partial charge in [0.05, 0.1) is 11.2 Å². The molecule has 1 aromatic heterocycles. The Labute approximate surface area is 136 Å². The molecule has 0 saturated carbocycles. The van der Waals surface area contributed by atoms with Gasteiger partial charge in [-0.1, -0.05) is 62.4 Å². The molecule has 0 saturated heterocycles. The number of hydrogen-bond acceptors (Lipinski definition) is 1. The predicted molar refractivity (Wildman–Crippen MR) is 99.6 cm³/mol. The smallest absolute Gasteiger partial charge is 0.0704 e. The van der Waals surface area contributed by atoms with Gasteiger partial charge in [0.25, 0.3) is 0 Å². The molecule has 0 aliphatic carbocycles. The molecule has 0 radical (unpaired) electrons. The van der Waals surface area contributed by atoms with E-state index in [2.05, 4.69) is 90.9 Å². The lowest BCUT2D eigenvalue weighted by atomic mass is 10.0. The molecule has 0 bridgehead atoms. The van der Waals surface area contributed by atoms with Crippen molar-refractivity contribution in [2.24, 2.45) is 0 Å². The van der Waals surface area contributed by atoms with E-state index in [1.807, 2.05) is 0 Å². The standard InChI is InChI=1S/C21H20N2/c1-14(2)15-8-3-5-11-18(15)22-20-13-7-10-17-16-9-4-6-12-19(16)23-21(17)20/h3-14,22-23H,1-2H3. The third-order valence-electron chi connectivity index (χ3n) is 4.39. The number of nitrogens with one attached hydrogen (secondary N) is 2. The van der Waals surface area contributed by atoms with Crippen LogP contribution in [0.3, 0.4) is 0 Å². The molecule has 0 unspecified atom stereocenters. The van der Waals surface area contributed by atoms with Crippen molar-refractivity contribution in [3.63, 3.8) is 0 Å². The summed E-state index contributed by atoms with van der Waals surface area (Å²) in [7, 11) is 0. The Morgan fingerprint density at radius 1 is 0.739 bits per heavy atom. The average Bonchev–Trinajstić information content (AvgIpc) is 2.95. The van der Waals surface area contributed by atoms with Crippen molar-refractivity contribution in [2.45, 2.75) is 19.8 Å². The van der Waals surface area contributed by atoms with Crippen molar-refractivity contribution in [3.8, 4) is 0 Å². The van der Waals surface area contributed by atoms with E-state index in [9.17, 15) is 0 Å². The van der Waals surface area contributed by atoms with Gasteiger partial charge in [-0.15, -0.1) is 0 Å². The summed E-state index contributed by atoms with van der Waals surface area (Å²) in [5.74, 6) is 0.487. The lowest BCUT2D eigenvalue weighted by molar-refractivity contribution is 0.869. The van der Waals surface area contributed by atoms with Gasteiger partial charge in [0, 0.05) is 22.0 Å². The Kier molecular flexibility index (Phi) is 3.30. The highest BCUT2D eigenvalue weighted by Gasteiger charge is 2.10. The van der Waals surface area contributed by atoms with E-state index in [0.717, 1.165) is 11.2 Å². The number of H-pyrrole nitrogens is 1. The van der Waals surface area contributed by atoms with E-state index in [-0.39, 0.29) is 0 Å². The van der Waals surface area contributed by atoms with Crippen LogP contribution in [0.15, 0.2) is 66.7 Å². The molecule has 0 atom stereocenters. The molecular weight excluding hydrogens is 280 g/mol. The van der Waals surface area contributed by atoms with Crippen molar-refractivity contribution in [1.29, 1.82) is 0 Å². The third kappa shape index (κ3) is 2.36. The molecule has 0 fully saturated rings. The minimum absolute atomic E-state index is 0.487. The maximum atomic E-state index is 3.63. The Hall–Kier alpha value is -2.74. The van der Waals surface area contributed by atoms with Crippen molar-refractivity contribution in [2.75, 3.05) is 5.32 Å². The topological polar surface area (TPSA) is 27.8 Å². The second kappa shape index (κ2) is 5.47. The van der Waals surface area contributed by atoms with Crippen molar-refractivity contribution in [3.05, 3.63) is 72.3 Å². The predicted octanol–water partition coefficient (Wildman–Crippen LogP) is 6.19. The molecule has 1 heterocycles. The Balaban J connectivity index is 1.87. The van der Waals surface area contributed by atoms with Gasteiger partial charge in [0.1, 0.15) is 0 Å². The lowest BCUT2D eigenvalue weighted by Gasteiger charge is -2.15. The number of aromatic amines is 1. The van der Waals surface area contributed by atoms with Crippen LogP contribution in [0.5, 0.6) is 0 Å². The minimum atomic E-state index is 0.487. The maximum Gasteiger partial charge on any atom is 0.0704 e. The van der Waals surface area contributed by atoms with Crippen LogP contribution >= 0.6 is 0 Å². The van der Waals surface area contributed by atoms with Crippen molar-refractivity contribution >= 4 is 33.2 Å². The van der Waals surface area contributed by atoms with Crippen LogP contribution in [0.1, 0.15) is 25.3 Å². The quantitative estimate of drug-likeness (QED) is 0.464. The summed E-state index contributed by atoms with van der Waals surface area (Å²) >= 11 is 0. The van der Waals surface area contributed by atoms with E-state index in [1.165, 1.54) is 27.5 Å². The van der Waals surface area contributed by atoms with Crippen LogP contribution in [-0.2, 0) is 0 Å². The molecule has 0 aliphatic rings. The maximum absolute atomic E-state index is 3.63. The molecule has 4 rings (SSSR count). The van der Waals surface area contributed by atoms with Crippen LogP contribution in [0.25, 0.3) is 21.8 Å². The molecule has 114 valence electrons. The first-order valence-corrected chi connectivity index (χ1v) is 8.09. The molecular formula is C21H20N2. The monoisotopic (exact) mass is 300 g/mol. The molecule has 0 spiro atoms. The summed E-state index contributed by atoms with van der Waals surface area (Å²) in [5, 5.41) is 6.15. The number of fused-ring (bicyclic) bond motifs is 3. The Morgan fingerprint density at radius 3 is 2.30 bits per heavy atom. The minimum Gasteiger partial charge on any atom is -0.354 e. The summed E-state index contributed by atoms with van der Waals surface area (Å²) in [6.07, 6.45) is 0. The number of rotatable bonds is 3. The van der Waals surface area contributed by atoms with E-state index in [0.29, 0.717) is 5.92 Å². The summed E-state index contributed by atoms with van der Waals surface area (Å²) in [5.41, 5.74) is 5.96. The number of hydrogen-bond donors (Lipinski definition) is 2. The van der Waals surface area contributed by atoms with E-state index in [1.54, 1.807) is 0 Å². The van der Waals surface area contributed by atoms with E-state index in [4.69, 9.17) is 0 Å². The molecule has 2 nitrogen and oxygen atoms in total. The molecule has 0 amide bonds. The zero-order valence-electron chi connectivity index (χ0n) is 13.4. The summed E-state index contributed by atoms with van der Waals surface area (Å²) < 4.78 is 0. The van der Waals surface area contributed by atoms with Crippen LogP contribution in [-0.4, -0.2) is 4.98 Å². The first-order valence-electron chi connectivity index (χ1n) is 8.09. The number of aromatic nitrogens is 1. The SMILES string of the molecule is CC(C)c1ccccc1Nc1cccc2c1[nH]c1ccccc12. The Morgan fingerprint density at radius 2 is 1.43 bits per heavy atom. The van der Waals surface area contributed by atoms with E-state index >= 15 is 0 Å². The van der Waals surface area contributed by atoms with E-state index < -0.39 is 0 Å². The van der Waals surface area contributed by atoms with Gasteiger partial charge < -0.3 is 10.3 Å². The van der Waals surface area contributed by atoms with Gasteiger partial charge in [0.2, 0.25) is 0 Å². The molecule has 3 aromatic carbocycles. The van der Waals surface area contributed by atoms with Gasteiger partial charge in [0.15, 0.2) is 0 Å². The zero-order chi connectivity index (χ0) is 15.8. The summed E-state index contributed by atoms with van der Waals surface area (Å²) in [6.45, 7) is 4.45. The van der Waals surface area contributed by atoms with Crippen molar-refractivity contribution < 1.29 is 0 Å². The Bertz CT molecular complexity index is 979. The first-order chi connectivity index (χ1) is 11.2. The second-order valence-electron chi connectivity index (χ2n) is 6.27. The average molecular weight is 300 g/mol. The fourth-order valence-electron chi connectivity index (χ4n) is 3.24. The van der Waals surface area contributed by atoms with Crippen LogP contribution < -0.4 is 5.32 Å². The lowest BCUT2D eigenvalue weighted by Crippen LogP contribution is -1.98. The van der Waals surface area contributed by atoms with Crippen LogP contribution in [0, 0.1) is 0 Å². The second-order valence-corrected chi connectivity index (χ2v) is 6.27. The molecule has 4 aromatic rings. The van der Waals surface area contributed by atoms with Crippen molar-refractivity contribution in [1.82, 2.24) is 4.98 Å². The first kappa shape index (κ1) is 13.9. The molecule has 2 heteroatoms.